The normalized spacial score (nSPS) is 25.4. The van der Waals surface area contributed by atoms with E-state index in [1.54, 1.807) is 5.06 Å². The van der Waals surface area contributed by atoms with Crippen LogP contribution in [0.4, 0.5) is 0 Å². The highest BCUT2D eigenvalue weighted by atomic mass is 16.7. The number of aryl methyl sites for hydroxylation is 1. The van der Waals surface area contributed by atoms with Gasteiger partial charge in [-0.05, 0) is 24.8 Å². The number of rotatable bonds is 4. The summed E-state index contributed by atoms with van der Waals surface area (Å²) in [5.74, 6) is 0.844. The number of hydrogen-bond donors (Lipinski definition) is 0. The van der Waals surface area contributed by atoms with E-state index in [-0.39, 0.29) is 11.5 Å². The van der Waals surface area contributed by atoms with Crippen LogP contribution in [0.5, 0.6) is 0 Å². The Balaban J connectivity index is 1.33. The molecule has 1 spiro atoms. The van der Waals surface area contributed by atoms with Crippen molar-refractivity contribution in [3.8, 4) is 0 Å². The fourth-order valence-corrected chi connectivity index (χ4v) is 3.19. The maximum atomic E-state index is 12.0. The van der Waals surface area contributed by atoms with E-state index in [9.17, 15) is 4.79 Å². The van der Waals surface area contributed by atoms with Gasteiger partial charge in [-0.15, -0.1) is 0 Å². The van der Waals surface area contributed by atoms with Crippen LogP contribution < -0.4 is 0 Å². The number of hydroxylamine groups is 2. The van der Waals surface area contributed by atoms with Crippen LogP contribution in [0.25, 0.3) is 0 Å². The van der Waals surface area contributed by atoms with Crippen molar-refractivity contribution in [2.45, 2.75) is 31.4 Å². The molecule has 6 nitrogen and oxygen atoms in total. The summed E-state index contributed by atoms with van der Waals surface area (Å²) in [5.41, 5.74) is 0.948. The first-order chi connectivity index (χ1) is 9.63. The lowest BCUT2D eigenvalue weighted by Gasteiger charge is -2.45. The van der Waals surface area contributed by atoms with Crippen LogP contribution in [0.1, 0.15) is 25.0 Å². The molecule has 1 aromatic heterocycles. The summed E-state index contributed by atoms with van der Waals surface area (Å²) in [7, 11) is 1.96. The largest absolute Gasteiger partial charge is 0.291 e. The van der Waals surface area contributed by atoms with E-state index >= 15 is 0 Å². The van der Waals surface area contributed by atoms with Gasteiger partial charge in [0.05, 0.1) is 18.7 Å². The average Bonchev–Trinajstić information content (AvgIpc) is 3.00. The minimum absolute atomic E-state index is 0.164. The molecule has 1 saturated carbocycles. The molecular weight excluding hydrogens is 256 g/mol. The highest BCUT2D eigenvalue weighted by molar-refractivity contribution is 5.78. The predicted molar refractivity (Wildman–Crippen MR) is 71.4 cm³/mol. The Morgan fingerprint density at radius 1 is 1.45 bits per heavy atom. The standard InChI is InChI=1S/C14H20N4O2/c1-16-12(4-5-15-16)8-17-9-14(10-17)6-13(19)18(20-14)7-11-2-3-11/h4-5,11H,2-3,6-10H2,1H3. The molecule has 2 saturated heterocycles. The molecule has 0 atom stereocenters. The van der Waals surface area contributed by atoms with Crippen LogP contribution in [0.15, 0.2) is 12.3 Å². The number of carbonyl (C=O) groups is 1. The van der Waals surface area contributed by atoms with Gasteiger partial charge >= 0.3 is 0 Å². The van der Waals surface area contributed by atoms with Crippen molar-refractivity contribution in [3.63, 3.8) is 0 Å². The lowest BCUT2D eigenvalue weighted by molar-refractivity contribution is -0.238. The first-order valence-corrected chi connectivity index (χ1v) is 7.32. The number of aromatic nitrogens is 2. The smallest absolute Gasteiger partial charge is 0.249 e. The molecule has 108 valence electrons. The minimum atomic E-state index is -0.245. The van der Waals surface area contributed by atoms with Gasteiger partial charge in [0.15, 0.2) is 0 Å². The molecule has 3 aliphatic rings. The van der Waals surface area contributed by atoms with Crippen LogP contribution in [0.2, 0.25) is 0 Å². The third-order valence-corrected chi connectivity index (χ3v) is 4.51. The van der Waals surface area contributed by atoms with Gasteiger partial charge in [0, 0.05) is 32.9 Å². The average molecular weight is 276 g/mol. The summed E-state index contributed by atoms with van der Waals surface area (Å²) >= 11 is 0. The zero-order valence-corrected chi connectivity index (χ0v) is 11.8. The topological polar surface area (TPSA) is 50.6 Å². The maximum absolute atomic E-state index is 12.0. The number of likely N-dealkylation sites (tertiary alicyclic amines) is 1. The van der Waals surface area contributed by atoms with Crippen LogP contribution in [-0.2, 0) is 23.2 Å². The van der Waals surface area contributed by atoms with Crippen LogP contribution in [0.3, 0.4) is 0 Å². The molecule has 1 amide bonds. The second-order valence-electron chi connectivity index (χ2n) is 6.44. The lowest BCUT2D eigenvalue weighted by Crippen LogP contribution is -2.61. The Hall–Kier alpha value is -1.40. The second-order valence-corrected chi connectivity index (χ2v) is 6.44. The monoisotopic (exact) mass is 276 g/mol. The first kappa shape index (κ1) is 12.3. The third kappa shape index (κ3) is 2.13. The van der Waals surface area contributed by atoms with Gasteiger partial charge in [-0.25, -0.2) is 5.06 Å². The van der Waals surface area contributed by atoms with Crippen LogP contribution >= 0.6 is 0 Å². The van der Waals surface area contributed by atoms with Crippen molar-refractivity contribution in [2.75, 3.05) is 19.6 Å². The van der Waals surface area contributed by atoms with Crippen molar-refractivity contribution in [2.24, 2.45) is 13.0 Å². The zero-order valence-electron chi connectivity index (χ0n) is 11.8. The molecule has 6 heteroatoms. The second kappa shape index (κ2) is 4.30. The number of nitrogens with zero attached hydrogens (tertiary/aromatic N) is 4. The van der Waals surface area contributed by atoms with Gasteiger partial charge in [0.2, 0.25) is 5.91 Å². The van der Waals surface area contributed by atoms with Gasteiger partial charge < -0.3 is 0 Å². The molecular formula is C14H20N4O2. The lowest BCUT2D eigenvalue weighted by atomic mass is 9.91. The number of amides is 1. The van der Waals surface area contributed by atoms with Gasteiger partial charge in [-0.2, -0.15) is 5.10 Å². The molecule has 0 aromatic carbocycles. The van der Waals surface area contributed by atoms with E-state index in [4.69, 9.17) is 4.84 Å². The summed E-state index contributed by atoms with van der Waals surface area (Å²) in [4.78, 5) is 20.2. The molecule has 0 bridgehead atoms. The van der Waals surface area contributed by atoms with Gasteiger partial charge in [0.1, 0.15) is 5.60 Å². The van der Waals surface area contributed by atoms with E-state index in [1.165, 1.54) is 18.5 Å². The van der Waals surface area contributed by atoms with E-state index in [0.29, 0.717) is 12.3 Å². The van der Waals surface area contributed by atoms with Gasteiger partial charge in [-0.1, -0.05) is 0 Å². The van der Waals surface area contributed by atoms with Crippen molar-refractivity contribution in [3.05, 3.63) is 18.0 Å². The van der Waals surface area contributed by atoms with Crippen LogP contribution in [-0.4, -0.2) is 50.9 Å². The molecule has 20 heavy (non-hydrogen) atoms. The maximum Gasteiger partial charge on any atom is 0.249 e. The molecule has 1 aliphatic carbocycles. The Morgan fingerprint density at radius 2 is 2.25 bits per heavy atom. The Kier molecular flexibility index (Phi) is 2.65. The Labute approximate surface area is 118 Å². The third-order valence-electron chi connectivity index (χ3n) is 4.51. The number of carbonyl (C=O) groups excluding carboxylic acids is 1. The highest BCUT2D eigenvalue weighted by Gasteiger charge is 2.53. The summed E-state index contributed by atoms with van der Waals surface area (Å²) in [6, 6.07) is 2.03. The molecule has 3 fully saturated rings. The van der Waals surface area contributed by atoms with Crippen molar-refractivity contribution in [1.82, 2.24) is 19.7 Å². The van der Waals surface area contributed by atoms with Crippen molar-refractivity contribution >= 4 is 5.91 Å². The first-order valence-electron chi connectivity index (χ1n) is 7.32. The van der Waals surface area contributed by atoms with Gasteiger partial charge in [-0.3, -0.25) is 19.2 Å². The van der Waals surface area contributed by atoms with Gasteiger partial charge in [0.25, 0.3) is 0 Å². The quantitative estimate of drug-likeness (QED) is 0.806. The van der Waals surface area contributed by atoms with E-state index in [1.807, 2.05) is 24.0 Å². The minimum Gasteiger partial charge on any atom is -0.291 e. The van der Waals surface area contributed by atoms with Crippen molar-refractivity contribution in [1.29, 1.82) is 0 Å². The fourth-order valence-electron chi connectivity index (χ4n) is 3.19. The summed E-state index contributed by atoms with van der Waals surface area (Å²) in [6.07, 6.45) is 4.85. The summed E-state index contributed by atoms with van der Waals surface area (Å²) in [5, 5.41) is 5.80. The summed E-state index contributed by atoms with van der Waals surface area (Å²) in [6.45, 7) is 3.34. The molecule has 3 heterocycles. The molecule has 0 unspecified atom stereocenters. The Morgan fingerprint density at radius 3 is 2.90 bits per heavy atom. The van der Waals surface area contributed by atoms with E-state index in [0.717, 1.165) is 26.2 Å². The molecule has 1 aromatic rings. The number of hydrogen-bond acceptors (Lipinski definition) is 4. The Bertz CT molecular complexity index is 531. The highest BCUT2D eigenvalue weighted by Crippen LogP contribution is 2.39. The molecule has 2 aliphatic heterocycles. The molecule has 4 rings (SSSR count). The summed E-state index contributed by atoms with van der Waals surface area (Å²) < 4.78 is 1.89. The van der Waals surface area contributed by atoms with E-state index < -0.39 is 0 Å². The molecule has 0 N–H and O–H groups in total. The predicted octanol–water partition coefficient (Wildman–Crippen LogP) is 0.548. The van der Waals surface area contributed by atoms with Crippen LogP contribution in [0, 0.1) is 5.92 Å². The van der Waals surface area contributed by atoms with Crippen molar-refractivity contribution < 1.29 is 9.63 Å². The fraction of sp³-hybridized carbons (Fsp3) is 0.714. The zero-order chi connectivity index (χ0) is 13.7. The van der Waals surface area contributed by atoms with E-state index in [2.05, 4.69) is 10.00 Å². The SMILES string of the molecule is Cn1nccc1CN1CC2(CC(=O)N(CC3CC3)O2)C1. The molecule has 0 radical (unpaired) electrons.